The maximum atomic E-state index is 12.2. The summed E-state index contributed by atoms with van der Waals surface area (Å²) in [4.78, 5) is 14.7. The number of halogens is 1. The molecule has 2 aromatic carbocycles. The van der Waals surface area contributed by atoms with Gasteiger partial charge in [-0.2, -0.15) is 0 Å². The first-order valence-electron chi connectivity index (χ1n) is 10.2. The van der Waals surface area contributed by atoms with Crippen LogP contribution >= 0.6 is 11.6 Å². The molecular weight excluding hydrogens is 386 g/mol. The number of anilines is 1. The van der Waals surface area contributed by atoms with Crippen LogP contribution in [-0.2, 0) is 11.2 Å². The Labute approximate surface area is 178 Å². The number of nitrogens with one attached hydrogen (secondary N) is 2. The Morgan fingerprint density at radius 1 is 1.24 bits per heavy atom. The Morgan fingerprint density at radius 3 is 2.86 bits per heavy atom. The quantitative estimate of drug-likeness (QED) is 0.619. The van der Waals surface area contributed by atoms with Gasteiger partial charge in [0, 0.05) is 37.6 Å². The van der Waals surface area contributed by atoms with Crippen LogP contribution in [0.4, 0.5) is 5.69 Å². The lowest BCUT2D eigenvalue weighted by Crippen LogP contribution is -2.32. The summed E-state index contributed by atoms with van der Waals surface area (Å²) in [5, 5.41) is 6.94. The monoisotopic (exact) mass is 415 g/mol. The molecule has 1 fully saturated rings. The summed E-state index contributed by atoms with van der Waals surface area (Å²) in [5.41, 5.74) is 2.19. The van der Waals surface area contributed by atoms with Gasteiger partial charge in [0.15, 0.2) is 0 Å². The van der Waals surface area contributed by atoms with Crippen molar-refractivity contribution in [1.29, 1.82) is 0 Å². The topological polar surface area (TPSA) is 53.6 Å². The molecule has 0 aromatic heterocycles. The van der Waals surface area contributed by atoms with Gasteiger partial charge in [-0.1, -0.05) is 41.9 Å². The summed E-state index contributed by atoms with van der Waals surface area (Å²) in [6.45, 7) is 4.55. The van der Waals surface area contributed by atoms with Gasteiger partial charge in [0.1, 0.15) is 5.75 Å². The molecule has 1 aliphatic heterocycles. The van der Waals surface area contributed by atoms with Gasteiger partial charge < -0.3 is 20.3 Å². The minimum Gasteiger partial charge on any atom is -0.495 e. The van der Waals surface area contributed by atoms with Gasteiger partial charge in [0.25, 0.3) is 0 Å². The Kier molecular flexibility index (Phi) is 8.20. The molecule has 156 valence electrons. The fraction of sp³-hybridized carbons (Fsp3) is 0.435. The molecule has 3 rings (SSSR count). The number of rotatable bonds is 10. The van der Waals surface area contributed by atoms with E-state index < -0.39 is 0 Å². The van der Waals surface area contributed by atoms with Crippen LogP contribution in [0.25, 0.3) is 0 Å². The Balaban J connectivity index is 1.31. The third kappa shape index (κ3) is 6.94. The van der Waals surface area contributed by atoms with E-state index in [4.69, 9.17) is 16.3 Å². The van der Waals surface area contributed by atoms with E-state index in [1.807, 2.05) is 6.07 Å². The minimum atomic E-state index is 0.0706. The van der Waals surface area contributed by atoms with E-state index in [9.17, 15) is 4.79 Å². The van der Waals surface area contributed by atoms with Crippen LogP contribution in [0, 0.1) is 5.92 Å². The van der Waals surface area contributed by atoms with Crippen LogP contribution in [0.1, 0.15) is 18.4 Å². The fourth-order valence-electron chi connectivity index (χ4n) is 3.69. The van der Waals surface area contributed by atoms with Crippen molar-refractivity contribution in [3.8, 4) is 5.75 Å². The van der Waals surface area contributed by atoms with Crippen LogP contribution in [0.5, 0.6) is 5.75 Å². The first-order chi connectivity index (χ1) is 14.1. The van der Waals surface area contributed by atoms with Gasteiger partial charge in [0.05, 0.1) is 12.8 Å². The lowest BCUT2D eigenvalue weighted by atomic mass is 10.1. The molecule has 1 saturated heterocycles. The third-order valence-corrected chi connectivity index (χ3v) is 5.58. The smallest absolute Gasteiger partial charge is 0.221 e. The predicted octanol–water partition coefficient (Wildman–Crippen LogP) is 3.83. The van der Waals surface area contributed by atoms with Gasteiger partial charge in [0.2, 0.25) is 5.91 Å². The van der Waals surface area contributed by atoms with E-state index in [0.717, 1.165) is 50.5 Å². The highest BCUT2D eigenvalue weighted by Gasteiger charge is 2.22. The highest BCUT2D eigenvalue weighted by atomic mass is 35.5. The van der Waals surface area contributed by atoms with Crippen LogP contribution in [-0.4, -0.2) is 50.6 Å². The van der Waals surface area contributed by atoms with Gasteiger partial charge >= 0.3 is 0 Å². The maximum absolute atomic E-state index is 12.2. The molecule has 1 unspecified atom stereocenters. The molecular formula is C23H30ClN3O2. The fourth-order valence-corrected chi connectivity index (χ4v) is 3.86. The van der Waals surface area contributed by atoms with Gasteiger partial charge in [-0.05, 0) is 49.1 Å². The Bertz CT molecular complexity index is 785. The molecule has 2 N–H and O–H groups in total. The number of amides is 1. The summed E-state index contributed by atoms with van der Waals surface area (Å²) in [6.07, 6.45) is 2.64. The molecule has 0 bridgehead atoms. The highest BCUT2D eigenvalue weighted by molar-refractivity contribution is 6.30. The second kappa shape index (κ2) is 11.1. The first kappa shape index (κ1) is 21.5. The number of carbonyl (C=O) groups is 1. The summed E-state index contributed by atoms with van der Waals surface area (Å²) in [7, 11) is 1.62. The Hall–Kier alpha value is -2.24. The number of hydrogen-bond acceptors (Lipinski definition) is 4. The van der Waals surface area contributed by atoms with E-state index in [1.165, 1.54) is 5.56 Å². The number of ether oxygens (including phenoxy) is 1. The molecule has 1 aliphatic rings. The van der Waals surface area contributed by atoms with Crippen molar-refractivity contribution in [3.05, 3.63) is 59.1 Å². The second-order valence-electron chi connectivity index (χ2n) is 7.52. The number of benzene rings is 2. The molecule has 1 atom stereocenters. The average Bonchev–Trinajstić information content (AvgIpc) is 3.20. The highest BCUT2D eigenvalue weighted by Crippen LogP contribution is 2.27. The molecule has 5 nitrogen and oxygen atoms in total. The lowest BCUT2D eigenvalue weighted by Gasteiger charge is -2.16. The van der Waals surface area contributed by atoms with Gasteiger partial charge in [-0.25, -0.2) is 0 Å². The van der Waals surface area contributed by atoms with Crippen molar-refractivity contribution in [2.75, 3.05) is 45.2 Å². The number of nitrogens with zero attached hydrogens (tertiary/aromatic N) is 1. The SMILES string of the molecule is COc1ccc(Cl)cc1NCCC(=O)NCC1CCN(CCc2ccccc2)C1. The zero-order chi connectivity index (χ0) is 20.5. The Morgan fingerprint density at radius 2 is 2.07 bits per heavy atom. The van der Waals surface area contributed by atoms with Crippen molar-refractivity contribution in [2.45, 2.75) is 19.3 Å². The van der Waals surface area contributed by atoms with Gasteiger partial charge in [-0.3, -0.25) is 4.79 Å². The molecule has 0 radical (unpaired) electrons. The number of methoxy groups -OCH3 is 1. The van der Waals surface area contributed by atoms with Crippen molar-refractivity contribution >= 4 is 23.2 Å². The molecule has 0 saturated carbocycles. The van der Waals surface area contributed by atoms with Crippen LogP contribution in [0.15, 0.2) is 48.5 Å². The van der Waals surface area contributed by atoms with Crippen LogP contribution < -0.4 is 15.4 Å². The lowest BCUT2D eigenvalue weighted by molar-refractivity contribution is -0.121. The zero-order valence-electron chi connectivity index (χ0n) is 17.0. The van der Waals surface area contributed by atoms with Crippen molar-refractivity contribution in [3.63, 3.8) is 0 Å². The summed E-state index contributed by atoms with van der Waals surface area (Å²) in [6, 6.07) is 16.0. The van der Waals surface area contributed by atoms with E-state index in [2.05, 4.69) is 45.9 Å². The summed E-state index contributed by atoms with van der Waals surface area (Å²) >= 11 is 6.03. The molecule has 0 aliphatic carbocycles. The first-order valence-corrected chi connectivity index (χ1v) is 10.6. The van der Waals surface area contributed by atoms with Crippen molar-refractivity contribution in [1.82, 2.24) is 10.2 Å². The standard InChI is InChI=1S/C23H30ClN3O2/c1-29-22-8-7-20(24)15-21(22)25-12-9-23(28)26-16-19-11-14-27(17-19)13-10-18-5-3-2-4-6-18/h2-8,15,19,25H,9-14,16-17H2,1H3,(H,26,28). The zero-order valence-corrected chi connectivity index (χ0v) is 17.8. The molecule has 6 heteroatoms. The summed E-state index contributed by atoms with van der Waals surface area (Å²) < 4.78 is 5.30. The van der Waals surface area contributed by atoms with Crippen molar-refractivity contribution in [2.24, 2.45) is 5.92 Å². The number of likely N-dealkylation sites (tertiary alicyclic amines) is 1. The second-order valence-corrected chi connectivity index (χ2v) is 7.95. The number of carbonyl (C=O) groups excluding carboxylic acids is 1. The third-order valence-electron chi connectivity index (χ3n) is 5.35. The predicted molar refractivity (Wildman–Crippen MR) is 119 cm³/mol. The normalized spacial score (nSPS) is 16.6. The van der Waals surface area contributed by atoms with E-state index in [0.29, 0.717) is 23.9 Å². The van der Waals surface area contributed by atoms with Crippen LogP contribution in [0.2, 0.25) is 5.02 Å². The van der Waals surface area contributed by atoms with E-state index in [-0.39, 0.29) is 5.91 Å². The molecule has 1 amide bonds. The summed E-state index contributed by atoms with van der Waals surface area (Å²) in [5.74, 6) is 1.33. The van der Waals surface area contributed by atoms with Gasteiger partial charge in [-0.15, -0.1) is 0 Å². The van der Waals surface area contributed by atoms with E-state index >= 15 is 0 Å². The largest absolute Gasteiger partial charge is 0.495 e. The van der Waals surface area contributed by atoms with Crippen LogP contribution in [0.3, 0.4) is 0 Å². The molecule has 2 aromatic rings. The number of hydrogen-bond donors (Lipinski definition) is 2. The van der Waals surface area contributed by atoms with Crippen molar-refractivity contribution < 1.29 is 9.53 Å². The minimum absolute atomic E-state index is 0.0706. The average molecular weight is 416 g/mol. The molecule has 1 heterocycles. The maximum Gasteiger partial charge on any atom is 0.221 e. The van der Waals surface area contributed by atoms with E-state index in [1.54, 1.807) is 19.2 Å². The molecule has 29 heavy (non-hydrogen) atoms. The molecule has 0 spiro atoms.